The molecule has 0 aliphatic carbocycles. The third-order valence-electron chi connectivity index (χ3n) is 3.34. The largest absolute Gasteiger partial charge is 0.448 e. The van der Waals surface area contributed by atoms with Gasteiger partial charge in [0, 0.05) is 5.41 Å². The number of piperidine rings is 1. The van der Waals surface area contributed by atoms with Crippen LogP contribution < -0.4 is 5.32 Å². The van der Waals surface area contributed by atoms with Gasteiger partial charge in [-0.15, -0.1) is 12.4 Å². The third-order valence-corrected chi connectivity index (χ3v) is 3.34. The molecule has 0 saturated carbocycles. The van der Waals surface area contributed by atoms with Gasteiger partial charge in [-0.1, -0.05) is 27.2 Å². The van der Waals surface area contributed by atoms with Crippen molar-refractivity contribution >= 4 is 18.2 Å². The zero-order chi connectivity index (χ0) is 13.2. The summed E-state index contributed by atoms with van der Waals surface area (Å²) in [5, 5.41) is 3.26. The molecule has 0 unspecified atom stereocenters. The van der Waals surface area contributed by atoms with E-state index < -0.39 is 0 Å². The van der Waals surface area contributed by atoms with Gasteiger partial charge in [0.2, 0.25) is 5.89 Å². The summed E-state index contributed by atoms with van der Waals surface area (Å²) in [6.45, 7) is 7.19. The highest BCUT2D eigenvalue weighted by molar-refractivity contribution is 5.85. The van der Waals surface area contributed by atoms with Crippen molar-refractivity contribution < 1.29 is 9.21 Å². The van der Waals surface area contributed by atoms with Gasteiger partial charge in [0.25, 0.3) is 0 Å². The Labute approximate surface area is 120 Å². The Hall–Kier alpha value is -0.870. The van der Waals surface area contributed by atoms with E-state index in [1.165, 1.54) is 0 Å². The van der Waals surface area contributed by atoms with Gasteiger partial charge in [-0.05, 0) is 19.4 Å². The first-order chi connectivity index (χ1) is 8.47. The Kier molecular flexibility index (Phi) is 5.56. The van der Waals surface area contributed by atoms with Gasteiger partial charge in [-0.2, -0.15) is 0 Å². The lowest BCUT2D eigenvalue weighted by atomic mass is 9.93. The van der Waals surface area contributed by atoms with Crippen molar-refractivity contribution in [3.05, 3.63) is 17.8 Å². The van der Waals surface area contributed by atoms with E-state index in [1.54, 1.807) is 6.26 Å². The molecule has 108 valence electrons. The van der Waals surface area contributed by atoms with Gasteiger partial charge < -0.3 is 9.73 Å². The summed E-state index contributed by atoms with van der Waals surface area (Å²) in [7, 11) is 0. The van der Waals surface area contributed by atoms with Gasteiger partial charge >= 0.3 is 0 Å². The number of carbonyl (C=O) groups is 1. The van der Waals surface area contributed by atoms with Crippen LogP contribution >= 0.6 is 12.4 Å². The number of ketones is 1. The van der Waals surface area contributed by atoms with E-state index in [2.05, 4.69) is 31.1 Å². The molecule has 0 aromatic carbocycles. The molecule has 5 heteroatoms. The summed E-state index contributed by atoms with van der Waals surface area (Å²) in [6.07, 6.45) is 5.19. The molecule has 1 fully saturated rings. The standard InChI is InChI=1S/C14H22N2O2.ClH/c1-14(2,3)12-9-18-13(16-12)8-11(17)10-6-4-5-7-15-10;/h9-10,15H,4-8H2,1-3H3;1H/t10-;/m0./s1. The molecule has 1 aliphatic rings. The van der Waals surface area contributed by atoms with Crippen LogP contribution in [0.5, 0.6) is 0 Å². The summed E-state index contributed by atoms with van der Waals surface area (Å²) >= 11 is 0. The average Bonchev–Trinajstić information content (AvgIpc) is 2.78. The van der Waals surface area contributed by atoms with E-state index in [9.17, 15) is 4.79 Å². The molecule has 2 rings (SSSR count). The third kappa shape index (κ3) is 4.32. The Morgan fingerprint density at radius 1 is 1.47 bits per heavy atom. The maximum Gasteiger partial charge on any atom is 0.201 e. The zero-order valence-electron chi connectivity index (χ0n) is 11.9. The molecule has 19 heavy (non-hydrogen) atoms. The predicted octanol–water partition coefficient (Wildman–Crippen LogP) is 2.65. The van der Waals surface area contributed by atoms with Gasteiger partial charge in [0.15, 0.2) is 5.78 Å². The number of nitrogens with one attached hydrogen (secondary N) is 1. The van der Waals surface area contributed by atoms with E-state index in [1.807, 2.05) is 0 Å². The number of nitrogens with zero attached hydrogens (tertiary/aromatic N) is 1. The van der Waals surface area contributed by atoms with Crippen LogP contribution in [0.15, 0.2) is 10.7 Å². The van der Waals surface area contributed by atoms with E-state index >= 15 is 0 Å². The van der Waals surface area contributed by atoms with Crippen LogP contribution in [0.1, 0.15) is 51.6 Å². The van der Waals surface area contributed by atoms with E-state index in [0.29, 0.717) is 12.3 Å². The fourth-order valence-electron chi connectivity index (χ4n) is 2.14. The van der Waals surface area contributed by atoms with Crippen molar-refractivity contribution in [3.8, 4) is 0 Å². The van der Waals surface area contributed by atoms with E-state index in [4.69, 9.17) is 4.42 Å². The highest BCUT2D eigenvalue weighted by Gasteiger charge is 2.24. The number of hydrogen-bond donors (Lipinski definition) is 1. The Balaban J connectivity index is 0.00000180. The van der Waals surface area contributed by atoms with Crippen LogP contribution in [-0.2, 0) is 16.6 Å². The van der Waals surface area contributed by atoms with Crippen molar-refractivity contribution in [1.29, 1.82) is 0 Å². The van der Waals surface area contributed by atoms with Crippen LogP contribution in [0.25, 0.3) is 0 Å². The maximum atomic E-state index is 12.1. The molecular formula is C14H23ClN2O2. The first kappa shape index (κ1) is 16.2. The average molecular weight is 287 g/mol. The fourth-order valence-corrected chi connectivity index (χ4v) is 2.14. The first-order valence-electron chi connectivity index (χ1n) is 6.68. The van der Waals surface area contributed by atoms with E-state index in [-0.39, 0.29) is 29.6 Å². The van der Waals surface area contributed by atoms with Gasteiger partial charge in [0.1, 0.15) is 6.26 Å². The van der Waals surface area contributed by atoms with Crippen molar-refractivity contribution in [2.75, 3.05) is 6.54 Å². The second-order valence-corrected chi connectivity index (χ2v) is 6.02. The summed E-state index contributed by atoms with van der Waals surface area (Å²) in [6, 6.07) is -0.0104. The number of halogens is 1. The highest BCUT2D eigenvalue weighted by atomic mass is 35.5. The van der Waals surface area contributed by atoms with Crippen LogP contribution in [0.4, 0.5) is 0 Å². The molecule has 0 amide bonds. The number of hydrogen-bond acceptors (Lipinski definition) is 4. The molecule has 0 radical (unpaired) electrons. The summed E-state index contributed by atoms with van der Waals surface area (Å²) in [5.41, 5.74) is 0.871. The quantitative estimate of drug-likeness (QED) is 0.928. The number of aromatic nitrogens is 1. The first-order valence-corrected chi connectivity index (χ1v) is 6.68. The molecule has 1 aliphatic heterocycles. The topological polar surface area (TPSA) is 55.1 Å². The Morgan fingerprint density at radius 3 is 2.74 bits per heavy atom. The lowest BCUT2D eigenvalue weighted by molar-refractivity contribution is -0.121. The summed E-state index contributed by atoms with van der Waals surface area (Å²) in [5.74, 6) is 0.731. The number of carbonyl (C=O) groups excluding carboxylic acids is 1. The van der Waals surface area contributed by atoms with E-state index in [0.717, 1.165) is 31.5 Å². The Morgan fingerprint density at radius 2 is 2.21 bits per heavy atom. The summed E-state index contributed by atoms with van der Waals surface area (Å²) < 4.78 is 5.39. The highest BCUT2D eigenvalue weighted by Crippen LogP contribution is 2.21. The molecule has 1 aromatic heterocycles. The SMILES string of the molecule is CC(C)(C)c1coc(CC(=O)[C@@H]2CCCCN2)n1.Cl. The zero-order valence-corrected chi connectivity index (χ0v) is 12.7. The van der Waals surface area contributed by atoms with Gasteiger partial charge in [-0.25, -0.2) is 4.98 Å². The normalized spacial score (nSPS) is 19.8. The Bertz CT molecular complexity index is 417. The van der Waals surface area contributed by atoms with Gasteiger partial charge in [0.05, 0.1) is 18.2 Å². The lowest BCUT2D eigenvalue weighted by Crippen LogP contribution is -2.41. The minimum Gasteiger partial charge on any atom is -0.448 e. The van der Waals surface area contributed by atoms with Crippen molar-refractivity contribution in [2.45, 2.75) is 57.9 Å². The minimum atomic E-state index is -0.0338. The van der Waals surface area contributed by atoms with Crippen LogP contribution in [0.3, 0.4) is 0 Å². The van der Waals surface area contributed by atoms with Crippen LogP contribution in [-0.4, -0.2) is 23.4 Å². The number of rotatable bonds is 3. The van der Waals surface area contributed by atoms with Crippen molar-refractivity contribution in [3.63, 3.8) is 0 Å². The predicted molar refractivity (Wildman–Crippen MR) is 76.8 cm³/mol. The summed E-state index contributed by atoms with van der Waals surface area (Å²) in [4.78, 5) is 16.5. The number of Topliss-reactive ketones (excluding diaryl/α,β-unsaturated/α-hetero) is 1. The molecule has 4 nitrogen and oxygen atoms in total. The van der Waals surface area contributed by atoms with Crippen LogP contribution in [0.2, 0.25) is 0 Å². The maximum absolute atomic E-state index is 12.1. The van der Waals surface area contributed by atoms with Crippen molar-refractivity contribution in [1.82, 2.24) is 10.3 Å². The fraction of sp³-hybridized carbons (Fsp3) is 0.714. The second kappa shape index (κ2) is 6.53. The lowest BCUT2D eigenvalue weighted by Gasteiger charge is -2.21. The molecular weight excluding hydrogens is 264 g/mol. The second-order valence-electron chi connectivity index (χ2n) is 6.02. The van der Waals surface area contributed by atoms with Gasteiger partial charge in [-0.3, -0.25) is 4.79 Å². The van der Waals surface area contributed by atoms with Crippen molar-refractivity contribution in [2.24, 2.45) is 0 Å². The molecule has 0 bridgehead atoms. The number of oxazole rings is 1. The molecule has 2 heterocycles. The molecule has 0 spiro atoms. The smallest absolute Gasteiger partial charge is 0.201 e. The minimum absolute atomic E-state index is 0. The monoisotopic (exact) mass is 286 g/mol. The van der Waals surface area contributed by atoms with Crippen LogP contribution in [0, 0.1) is 0 Å². The molecule has 1 aromatic rings. The molecule has 1 atom stereocenters. The molecule has 1 saturated heterocycles. The molecule has 1 N–H and O–H groups in total.